The fraction of sp³-hybridized carbons (Fsp3) is 0.167. The van der Waals surface area contributed by atoms with Crippen LogP contribution in [0.25, 0.3) is 10.6 Å². The van der Waals surface area contributed by atoms with E-state index in [1.54, 1.807) is 5.38 Å². The Bertz CT molecular complexity index is 546. The van der Waals surface area contributed by atoms with Gasteiger partial charge in [-0.25, -0.2) is 4.98 Å². The van der Waals surface area contributed by atoms with Gasteiger partial charge in [0.15, 0.2) is 0 Å². The topological polar surface area (TPSA) is 56.0 Å². The molecule has 0 fully saturated rings. The molecule has 1 amide bonds. The van der Waals surface area contributed by atoms with E-state index in [-0.39, 0.29) is 0 Å². The van der Waals surface area contributed by atoms with Crippen molar-refractivity contribution in [3.8, 4) is 10.6 Å². The van der Waals surface area contributed by atoms with Gasteiger partial charge in [-0.3, -0.25) is 4.79 Å². The number of nitrogens with zero attached hydrogens (tertiary/aromatic N) is 1. The third-order valence-corrected chi connectivity index (χ3v) is 3.26. The normalized spacial score (nSPS) is 10.4. The van der Waals surface area contributed by atoms with Gasteiger partial charge in [-0.2, -0.15) is 0 Å². The molecule has 0 spiro atoms. The highest BCUT2D eigenvalue weighted by molar-refractivity contribution is 7.13. The average molecular weight is 232 g/mol. The number of rotatable bonds is 2. The predicted octanol–water partition coefficient (Wildman–Crippen LogP) is 2.53. The minimum Gasteiger partial charge on any atom is -0.364 e. The van der Waals surface area contributed by atoms with Gasteiger partial charge in [-0.1, -0.05) is 17.7 Å². The Hall–Kier alpha value is -1.68. The summed E-state index contributed by atoms with van der Waals surface area (Å²) in [6, 6.07) is 6.18. The minimum atomic E-state index is -0.479. The second-order valence-electron chi connectivity index (χ2n) is 3.72. The van der Waals surface area contributed by atoms with Crippen LogP contribution in [0.2, 0.25) is 0 Å². The summed E-state index contributed by atoms with van der Waals surface area (Å²) in [6.45, 7) is 4.06. The van der Waals surface area contributed by atoms with Crippen LogP contribution >= 0.6 is 11.3 Å². The van der Waals surface area contributed by atoms with Crippen molar-refractivity contribution in [2.75, 3.05) is 0 Å². The van der Waals surface area contributed by atoms with Crippen LogP contribution in [-0.4, -0.2) is 10.9 Å². The fourth-order valence-electron chi connectivity index (χ4n) is 1.48. The molecule has 1 aromatic heterocycles. The van der Waals surface area contributed by atoms with Crippen LogP contribution < -0.4 is 5.73 Å². The summed E-state index contributed by atoms with van der Waals surface area (Å²) in [6.07, 6.45) is 0. The number of carbonyl (C=O) groups is 1. The third kappa shape index (κ3) is 1.97. The van der Waals surface area contributed by atoms with Crippen molar-refractivity contribution in [2.45, 2.75) is 13.8 Å². The van der Waals surface area contributed by atoms with Crippen LogP contribution in [0.5, 0.6) is 0 Å². The average Bonchev–Trinajstić information content (AvgIpc) is 2.70. The molecule has 1 heterocycles. The quantitative estimate of drug-likeness (QED) is 0.865. The first-order valence-corrected chi connectivity index (χ1v) is 5.79. The number of hydrogen-bond acceptors (Lipinski definition) is 3. The Morgan fingerprint density at radius 1 is 1.38 bits per heavy atom. The van der Waals surface area contributed by atoms with E-state index in [0.29, 0.717) is 5.69 Å². The molecule has 82 valence electrons. The van der Waals surface area contributed by atoms with E-state index in [9.17, 15) is 4.79 Å². The van der Waals surface area contributed by atoms with Crippen molar-refractivity contribution in [2.24, 2.45) is 5.73 Å². The van der Waals surface area contributed by atoms with Gasteiger partial charge >= 0.3 is 0 Å². The van der Waals surface area contributed by atoms with Gasteiger partial charge in [0, 0.05) is 10.9 Å². The van der Waals surface area contributed by atoms with Crippen molar-refractivity contribution < 1.29 is 4.79 Å². The zero-order valence-electron chi connectivity index (χ0n) is 9.15. The van der Waals surface area contributed by atoms with E-state index in [1.165, 1.54) is 16.9 Å². The lowest BCUT2D eigenvalue weighted by atomic mass is 10.1. The Balaban J connectivity index is 2.50. The van der Waals surface area contributed by atoms with Crippen LogP contribution in [0.3, 0.4) is 0 Å². The Morgan fingerprint density at radius 3 is 2.75 bits per heavy atom. The van der Waals surface area contributed by atoms with Gasteiger partial charge in [0.25, 0.3) is 5.91 Å². The number of thiazole rings is 1. The number of primary amides is 1. The second-order valence-corrected chi connectivity index (χ2v) is 4.58. The number of carbonyl (C=O) groups excluding carboxylic acids is 1. The summed E-state index contributed by atoms with van der Waals surface area (Å²) in [5.74, 6) is -0.479. The van der Waals surface area contributed by atoms with Crippen LogP contribution in [0.15, 0.2) is 23.6 Å². The van der Waals surface area contributed by atoms with Crippen LogP contribution in [0.1, 0.15) is 21.6 Å². The zero-order valence-corrected chi connectivity index (χ0v) is 9.97. The molecule has 2 aromatic rings. The maximum atomic E-state index is 11.0. The summed E-state index contributed by atoms with van der Waals surface area (Å²) in [7, 11) is 0. The van der Waals surface area contributed by atoms with Crippen molar-refractivity contribution in [3.63, 3.8) is 0 Å². The minimum absolute atomic E-state index is 0.334. The summed E-state index contributed by atoms with van der Waals surface area (Å²) >= 11 is 1.44. The maximum Gasteiger partial charge on any atom is 0.268 e. The second kappa shape index (κ2) is 4.06. The SMILES string of the molecule is Cc1ccc(C)c(-c2nc(C(N)=O)cs2)c1. The molecule has 0 radical (unpaired) electrons. The molecular formula is C12H12N2OS. The first-order valence-electron chi connectivity index (χ1n) is 4.91. The lowest BCUT2D eigenvalue weighted by Gasteiger charge is -2.03. The van der Waals surface area contributed by atoms with Crippen LogP contribution in [0.4, 0.5) is 0 Å². The van der Waals surface area contributed by atoms with E-state index in [2.05, 4.69) is 23.2 Å². The third-order valence-electron chi connectivity index (χ3n) is 2.38. The standard InChI is InChI=1S/C12H12N2OS/c1-7-3-4-8(2)9(5-7)12-14-10(6-16-12)11(13)15/h3-6H,1-2H3,(H2,13,15). The van der Waals surface area contributed by atoms with Gasteiger partial charge in [0.1, 0.15) is 10.7 Å². The van der Waals surface area contributed by atoms with E-state index in [4.69, 9.17) is 5.73 Å². The highest BCUT2D eigenvalue weighted by atomic mass is 32.1. The Labute approximate surface area is 97.9 Å². The molecule has 0 atom stereocenters. The van der Waals surface area contributed by atoms with Crippen molar-refractivity contribution in [3.05, 3.63) is 40.4 Å². The van der Waals surface area contributed by atoms with Crippen LogP contribution in [0, 0.1) is 13.8 Å². The van der Waals surface area contributed by atoms with Gasteiger partial charge in [0.05, 0.1) is 0 Å². The summed E-state index contributed by atoms with van der Waals surface area (Å²) in [5, 5.41) is 2.54. The van der Waals surface area contributed by atoms with Gasteiger partial charge < -0.3 is 5.73 Å². The maximum absolute atomic E-state index is 11.0. The number of amides is 1. The zero-order chi connectivity index (χ0) is 11.7. The number of hydrogen-bond donors (Lipinski definition) is 1. The molecule has 0 saturated heterocycles. The number of aryl methyl sites for hydroxylation is 2. The number of aromatic nitrogens is 1. The van der Waals surface area contributed by atoms with E-state index < -0.39 is 5.91 Å². The first-order chi connectivity index (χ1) is 7.58. The van der Waals surface area contributed by atoms with E-state index in [1.807, 2.05) is 13.8 Å². The molecule has 4 heteroatoms. The molecule has 0 aliphatic heterocycles. The fourth-order valence-corrected chi connectivity index (χ4v) is 2.37. The number of benzene rings is 1. The molecule has 0 bridgehead atoms. The molecule has 2 rings (SSSR count). The van der Waals surface area contributed by atoms with Gasteiger partial charge in [0.2, 0.25) is 0 Å². The van der Waals surface area contributed by atoms with Crippen molar-refractivity contribution in [1.82, 2.24) is 4.98 Å². The summed E-state index contributed by atoms with van der Waals surface area (Å²) in [4.78, 5) is 15.2. The summed E-state index contributed by atoms with van der Waals surface area (Å²) < 4.78 is 0. The highest BCUT2D eigenvalue weighted by Gasteiger charge is 2.10. The van der Waals surface area contributed by atoms with Crippen molar-refractivity contribution in [1.29, 1.82) is 0 Å². The predicted molar refractivity (Wildman–Crippen MR) is 65.5 cm³/mol. The molecule has 2 N–H and O–H groups in total. The highest BCUT2D eigenvalue weighted by Crippen LogP contribution is 2.27. The molecule has 3 nitrogen and oxygen atoms in total. The molecule has 0 saturated carbocycles. The molecule has 0 aliphatic rings. The Morgan fingerprint density at radius 2 is 2.12 bits per heavy atom. The van der Waals surface area contributed by atoms with Gasteiger partial charge in [-0.15, -0.1) is 11.3 Å². The molecular weight excluding hydrogens is 220 g/mol. The molecule has 1 aromatic carbocycles. The molecule has 0 aliphatic carbocycles. The monoisotopic (exact) mass is 232 g/mol. The summed E-state index contributed by atoms with van der Waals surface area (Å²) in [5.41, 5.74) is 8.91. The number of nitrogens with two attached hydrogens (primary N) is 1. The lowest BCUT2D eigenvalue weighted by Crippen LogP contribution is -2.10. The largest absolute Gasteiger partial charge is 0.364 e. The van der Waals surface area contributed by atoms with Crippen LogP contribution in [-0.2, 0) is 0 Å². The van der Waals surface area contributed by atoms with E-state index in [0.717, 1.165) is 16.1 Å². The Kier molecular flexibility index (Phi) is 2.75. The van der Waals surface area contributed by atoms with Crippen molar-refractivity contribution >= 4 is 17.2 Å². The van der Waals surface area contributed by atoms with E-state index >= 15 is 0 Å². The molecule has 16 heavy (non-hydrogen) atoms. The first kappa shape index (κ1) is 10.8. The van der Waals surface area contributed by atoms with Gasteiger partial charge in [-0.05, 0) is 25.5 Å². The lowest BCUT2D eigenvalue weighted by molar-refractivity contribution is 0.0996. The molecule has 0 unspecified atom stereocenters. The smallest absolute Gasteiger partial charge is 0.268 e.